The summed E-state index contributed by atoms with van der Waals surface area (Å²) in [4.78, 5) is 42.7. The molecule has 0 aliphatic heterocycles. The Labute approximate surface area is 331 Å². The number of allylic oxidation sites excluding steroid dienone is 20. The number of phosphoric acid groups is 1. The predicted octanol–water partition coefficient (Wildman–Crippen LogP) is 10.9. The first-order valence-electron chi connectivity index (χ1n) is 19.6. The fraction of sp³-hybridized carbons (Fsp3) is 0.467. The van der Waals surface area contributed by atoms with Gasteiger partial charge in [0.25, 0.3) is 0 Å². The van der Waals surface area contributed by atoms with Crippen molar-refractivity contribution in [3.8, 4) is 0 Å². The molecule has 0 spiro atoms. The van der Waals surface area contributed by atoms with Gasteiger partial charge in [-0.1, -0.05) is 148 Å². The molecule has 0 radical (unpaired) electrons. The standard InChI is InChI=1S/C45H67O9P/c1-3-5-7-9-11-12-13-14-15-16-17-18-19-24-27-31-35-39-45(48)54-43(41-53-55(49,50)51)40-52-44(47)38-34-30-26-23-21-20-22-25-29-33-37-42(46)36-32-28-10-8-6-4-2/h5-8,11-12,14-15,17-18,20-21,24-30,32-33,37,42-43,46H,3-4,9-10,13,16,19,22-23,31,34-36,38-41H2,1-2H3,(H2,49,50,51)/b7-5-,8-6-,12-11-,15-14-,18-17-,21-20-,27-24-,29-25-,30-26-,32-28-,37-33+/t42?,43-/m1/s1. The van der Waals surface area contributed by atoms with Crippen molar-refractivity contribution in [3.63, 3.8) is 0 Å². The molecule has 0 aliphatic rings. The van der Waals surface area contributed by atoms with Gasteiger partial charge in [-0.05, 0) is 83.5 Å². The second-order valence-corrected chi connectivity index (χ2v) is 13.6. The van der Waals surface area contributed by atoms with Gasteiger partial charge in [-0.2, -0.15) is 0 Å². The molecule has 2 atom stereocenters. The van der Waals surface area contributed by atoms with Crippen LogP contribution in [-0.2, 0) is 28.2 Å². The van der Waals surface area contributed by atoms with Crippen molar-refractivity contribution < 1.29 is 43.0 Å². The Balaban J connectivity index is 4.28. The van der Waals surface area contributed by atoms with Crippen molar-refractivity contribution in [3.05, 3.63) is 134 Å². The van der Waals surface area contributed by atoms with Crippen LogP contribution < -0.4 is 0 Å². The van der Waals surface area contributed by atoms with Crippen LogP contribution in [0, 0.1) is 0 Å². The van der Waals surface area contributed by atoms with Crippen molar-refractivity contribution in [2.45, 2.75) is 122 Å². The van der Waals surface area contributed by atoms with Crippen molar-refractivity contribution in [1.29, 1.82) is 0 Å². The first kappa shape index (κ1) is 51.1. The molecule has 0 heterocycles. The summed E-state index contributed by atoms with van der Waals surface area (Å²) >= 11 is 0. The summed E-state index contributed by atoms with van der Waals surface area (Å²) in [5.41, 5.74) is 0. The second-order valence-electron chi connectivity index (χ2n) is 12.3. The van der Waals surface area contributed by atoms with Crippen molar-refractivity contribution in [2.75, 3.05) is 13.2 Å². The third-order valence-corrected chi connectivity index (χ3v) is 7.74. The molecule has 0 fully saturated rings. The van der Waals surface area contributed by atoms with E-state index in [9.17, 15) is 19.3 Å². The molecule has 0 amide bonds. The van der Waals surface area contributed by atoms with Gasteiger partial charge in [-0.25, -0.2) is 4.57 Å². The van der Waals surface area contributed by atoms with Crippen LogP contribution in [0.2, 0.25) is 0 Å². The average Bonchev–Trinajstić information content (AvgIpc) is 3.15. The quantitative estimate of drug-likeness (QED) is 0.0195. The Morgan fingerprint density at radius 2 is 1.04 bits per heavy atom. The molecular formula is C45H67O9P. The van der Waals surface area contributed by atoms with Crippen molar-refractivity contribution >= 4 is 19.8 Å². The Morgan fingerprint density at radius 1 is 0.564 bits per heavy atom. The minimum Gasteiger partial charge on any atom is -0.462 e. The van der Waals surface area contributed by atoms with Gasteiger partial charge in [0.2, 0.25) is 0 Å². The van der Waals surface area contributed by atoms with Gasteiger partial charge in [-0.3, -0.25) is 14.1 Å². The Morgan fingerprint density at radius 3 is 1.56 bits per heavy atom. The van der Waals surface area contributed by atoms with E-state index >= 15 is 0 Å². The molecule has 0 aromatic rings. The highest BCUT2D eigenvalue weighted by Gasteiger charge is 2.22. The second kappa shape index (κ2) is 38.4. The molecule has 0 saturated heterocycles. The predicted molar refractivity (Wildman–Crippen MR) is 226 cm³/mol. The molecule has 0 bridgehead atoms. The fourth-order valence-electron chi connectivity index (χ4n) is 4.40. The van der Waals surface area contributed by atoms with Crippen LogP contribution in [0.15, 0.2) is 134 Å². The summed E-state index contributed by atoms with van der Waals surface area (Å²) in [5, 5.41) is 9.96. The molecule has 0 aromatic carbocycles. The minimum atomic E-state index is -4.81. The molecule has 0 aromatic heterocycles. The molecule has 0 rings (SSSR count). The lowest BCUT2D eigenvalue weighted by molar-refractivity contribution is -0.161. The number of rotatable bonds is 33. The first-order valence-corrected chi connectivity index (χ1v) is 21.1. The van der Waals surface area contributed by atoms with E-state index < -0.39 is 38.6 Å². The number of aliphatic hydroxyl groups excluding tert-OH is 1. The summed E-state index contributed by atoms with van der Waals surface area (Å²) in [6.45, 7) is 3.25. The largest absolute Gasteiger partial charge is 0.469 e. The maximum absolute atomic E-state index is 12.4. The molecule has 3 N–H and O–H groups in total. The zero-order chi connectivity index (χ0) is 40.5. The van der Waals surface area contributed by atoms with Crippen LogP contribution in [0.5, 0.6) is 0 Å². The lowest BCUT2D eigenvalue weighted by atomic mass is 10.2. The lowest BCUT2D eigenvalue weighted by Gasteiger charge is -2.18. The highest BCUT2D eigenvalue weighted by Crippen LogP contribution is 2.35. The Kier molecular flexibility index (Phi) is 35.7. The number of ether oxygens (including phenoxy) is 2. The fourth-order valence-corrected chi connectivity index (χ4v) is 4.76. The number of phosphoric ester groups is 1. The maximum atomic E-state index is 12.4. The van der Waals surface area contributed by atoms with E-state index in [0.717, 1.165) is 51.4 Å². The van der Waals surface area contributed by atoms with E-state index in [1.54, 1.807) is 6.08 Å². The van der Waals surface area contributed by atoms with Crippen LogP contribution in [0.3, 0.4) is 0 Å². The third kappa shape index (κ3) is 41.2. The van der Waals surface area contributed by atoms with Crippen molar-refractivity contribution in [2.24, 2.45) is 0 Å². The highest BCUT2D eigenvalue weighted by molar-refractivity contribution is 7.46. The van der Waals surface area contributed by atoms with E-state index in [1.807, 2.05) is 60.8 Å². The molecule has 55 heavy (non-hydrogen) atoms. The van der Waals surface area contributed by atoms with Crippen LogP contribution in [0.25, 0.3) is 0 Å². The van der Waals surface area contributed by atoms with Gasteiger partial charge in [-0.15, -0.1) is 0 Å². The van der Waals surface area contributed by atoms with E-state index in [4.69, 9.17) is 19.3 Å². The molecule has 10 heteroatoms. The topological polar surface area (TPSA) is 140 Å². The molecule has 1 unspecified atom stereocenters. The van der Waals surface area contributed by atoms with Gasteiger partial charge in [0.1, 0.15) is 6.61 Å². The monoisotopic (exact) mass is 782 g/mol. The summed E-state index contributed by atoms with van der Waals surface area (Å²) in [5.74, 6) is -1.10. The van der Waals surface area contributed by atoms with E-state index in [-0.39, 0.29) is 19.4 Å². The van der Waals surface area contributed by atoms with E-state index in [1.165, 1.54) is 0 Å². The average molecular weight is 783 g/mol. The lowest BCUT2D eigenvalue weighted by Crippen LogP contribution is -2.29. The van der Waals surface area contributed by atoms with Crippen molar-refractivity contribution in [1.82, 2.24) is 0 Å². The smallest absolute Gasteiger partial charge is 0.462 e. The summed E-state index contributed by atoms with van der Waals surface area (Å²) in [6, 6.07) is 0. The zero-order valence-electron chi connectivity index (χ0n) is 33.1. The normalized spacial score (nSPS) is 14.5. The first-order chi connectivity index (χ1) is 26.7. The van der Waals surface area contributed by atoms with E-state index in [0.29, 0.717) is 32.1 Å². The summed E-state index contributed by atoms with van der Waals surface area (Å²) in [7, 11) is -4.81. The summed E-state index contributed by atoms with van der Waals surface area (Å²) in [6.07, 6.45) is 53.6. The van der Waals surface area contributed by atoms with Crippen LogP contribution >= 0.6 is 7.82 Å². The number of carbonyl (C=O) groups excluding carboxylic acids is 2. The van der Waals surface area contributed by atoms with Gasteiger partial charge in [0, 0.05) is 12.8 Å². The minimum absolute atomic E-state index is 0.0973. The number of hydrogen-bond acceptors (Lipinski definition) is 7. The molecular weight excluding hydrogens is 715 g/mol. The molecule has 0 saturated carbocycles. The summed E-state index contributed by atoms with van der Waals surface area (Å²) < 4.78 is 26.2. The molecule has 9 nitrogen and oxygen atoms in total. The van der Waals surface area contributed by atoms with Crippen LogP contribution in [0.1, 0.15) is 110 Å². The number of hydrogen-bond donors (Lipinski definition) is 3. The van der Waals surface area contributed by atoms with Crippen LogP contribution in [0.4, 0.5) is 0 Å². The Bertz CT molecular complexity index is 1360. The van der Waals surface area contributed by atoms with Gasteiger partial charge in [0.05, 0.1) is 12.7 Å². The SMILES string of the molecule is CC/C=C\C/C=C\C/C=C\C/C=C\C/C=C\CCCC(=O)O[C@H](COC(=O)CC/C=C\C/C=C\C/C=C\C=C\C(O)C/C=C\C/C=C\CC)COP(=O)(O)O. The van der Waals surface area contributed by atoms with Gasteiger partial charge < -0.3 is 24.4 Å². The zero-order valence-corrected chi connectivity index (χ0v) is 34.0. The number of carbonyl (C=O) groups is 2. The highest BCUT2D eigenvalue weighted by atomic mass is 31.2. The molecule has 306 valence electrons. The van der Waals surface area contributed by atoms with E-state index in [2.05, 4.69) is 85.2 Å². The van der Waals surface area contributed by atoms with Crippen LogP contribution in [-0.4, -0.2) is 52.3 Å². The Hall–Kier alpha value is -3.85. The molecule has 0 aliphatic carbocycles. The number of unbranched alkanes of at least 4 members (excludes halogenated alkanes) is 1. The maximum Gasteiger partial charge on any atom is 0.469 e. The third-order valence-electron chi connectivity index (χ3n) is 7.26. The van der Waals surface area contributed by atoms with Gasteiger partial charge >= 0.3 is 19.8 Å². The number of esters is 2. The van der Waals surface area contributed by atoms with Gasteiger partial charge in [0.15, 0.2) is 6.10 Å². The number of aliphatic hydroxyl groups is 1.